The van der Waals surface area contributed by atoms with Crippen LogP contribution in [0.15, 0.2) is 6.07 Å². The molecule has 0 saturated heterocycles. The summed E-state index contributed by atoms with van der Waals surface area (Å²) >= 11 is 0. The predicted molar refractivity (Wildman–Crippen MR) is 70.6 cm³/mol. The van der Waals surface area contributed by atoms with Gasteiger partial charge in [0.15, 0.2) is 0 Å². The van der Waals surface area contributed by atoms with Gasteiger partial charge in [0.25, 0.3) is 0 Å². The standard InChI is InChI=1S/C13H21N3O2/c1-5-11-14-9(4)7-12(16-11)15-10(13(17)18)6-8(2)3/h7-8,10H,5-6H2,1-4H3,(H,17,18)(H,14,15,16). The van der Waals surface area contributed by atoms with Gasteiger partial charge in [-0.25, -0.2) is 14.8 Å². The SMILES string of the molecule is CCc1nc(C)cc(NC(CC(C)C)C(=O)O)n1. The lowest BCUT2D eigenvalue weighted by Crippen LogP contribution is -2.31. The van der Waals surface area contributed by atoms with Gasteiger partial charge in [0, 0.05) is 18.2 Å². The molecular weight excluding hydrogens is 230 g/mol. The molecule has 18 heavy (non-hydrogen) atoms. The Morgan fingerprint density at radius 2 is 2.11 bits per heavy atom. The maximum Gasteiger partial charge on any atom is 0.326 e. The molecule has 1 aromatic rings. The number of carboxylic acids is 1. The minimum Gasteiger partial charge on any atom is -0.480 e. The van der Waals surface area contributed by atoms with Gasteiger partial charge in [-0.05, 0) is 19.3 Å². The minimum atomic E-state index is -0.849. The van der Waals surface area contributed by atoms with Gasteiger partial charge in [0.1, 0.15) is 17.7 Å². The van der Waals surface area contributed by atoms with Crippen LogP contribution in [0.4, 0.5) is 5.82 Å². The lowest BCUT2D eigenvalue weighted by molar-refractivity contribution is -0.138. The monoisotopic (exact) mass is 251 g/mol. The fourth-order valence-corrected chi connectivity index (χ4v) is 1.73. The van der Waals surface area contributed by atoms with Crippen LogP contribution in [0, 0.1) is 12.8 Å². The van der Waals surface area contributed by atoms with Crippen LogP contribution in [0.2, 0.25) is 0 Å². The average molecular weight is 251 g/mol. The molecule has 1 aromatic heterocycles. The number of aliphatic carboxylic acids is 1. The van der Waals surface area contributed by atoms with Crippen LogP contribution in [0.25, 0.3) is 0 Å². The summed E-state index contributed by atoms with van der Waals surface area (Å²) in [5, 5.41) is 12.1. The van der Waals surface area contributed by atoms with Gasteiger partial charge in [-0.1, -0.05) is 20.8 Å². The summed E-state index contributed by atoms with van der Waals surface area (Å²) in [6.45, 7) is 7.85. The van der Waals surface area contributed by atoms with Crippen molar-refractivity contribution < 1.29 is 9.90 Å². The summed E-state index contributed by atoms with van der Waals surface area (Å²) < 4.78 is 0. The van der Waals surface area contributed by atoms with Crippen molar-refractivity contribution in [2.75, 3.05) is 5.32 Å². The first-order valence-corrected chi connectivity index (χ1v) is 6.26. The molecule has 1 rings (SSSR count). The Labute approximate surface area is 108 Å². The van der Waals surface area contributed by atoms with E-state index in [1.54, 1.807) is 6.07 Å². The zero-order valence-electron chi connectivity index (χ0n) is 11.4. The number of hydrogen-bond donors (Lipinski definition) is 2. The third-order valence-electron chi connectivity index (χ3n) is 2.54. The van der Waals surface area contributed by atoms with Crippen molar-refractivity contribution in [3.8, 4) is 0 Å². The van der Waals surface area contributed by atoms with Crippen LogP contribution < -0.4 is 5.32 Å². The summed E-state index contributed by atoms with van der Waals surface area (Å²) in [6, 6.07) is 1.17. The minimum absolute atomic E-state index is 0.312. The zero-order chi connectivity index (χ0) is 13.7. The van der Waals surface area contributed by atoms with Crippen molar-refractivity contribution in [3.63, 3.8) is 0 Å². The second-order valence-electron chi connectivity index (χ2n) is 4.83. The van der Waals surface area contributed by atoms with E-state index < -0.39 is 12.0 Å². The van der Waals surface area contributed by atoms with Crippen molar-refractivity contribution in [2.24, 2.45) is 5.92 Å². The number of rotatable bonds is 6. The molecule has 5 heteroatoms. The van der Waals surface area contributed by atoms with E-state index in [1.807, 2.05) is 27.7 Å². The lowest BCUT2D eigenvalue weighted by atomic mass is 10.0. The Kier molecular flexibility index (Phi) is 5.07. The number of anilines is 1. The van der Waals surface area contributed by atoms with Crippen molar-refractivity contribution >= 4 is 11.8 Å². The molecule has 0 aliphatic carbocycles. The van der Waals surface area contributed by atoms with E-state index >= 15 is 0 Å². The van der Waals surface area contributed by atoms with Gasteiger partial charge < -0.3 is 10.4 Å². The largest absolute Gasteiger partial charge is 0.480 e. The quantitative estimate of drug-likeness (QED) is 0.811. The summed E-state index contributed by atoms with van der Waals surface area (Å²) in [5.74, 6) is 0.781. The van der Waals surface area contributed by atoms with Crippen molar-refractivity contribution in [1.29, 1.82) is 0 Å². The summed E-state index contributed by atoms with van der Waals surface area (Å²) in [4.78, 5) is 19.7. The Morgan fingerprint density at radius 3 is 2.61 bits per heavy atom. The molecule has 100 valence electrons. The van der Waals surface area contributed by atoms with Gasteiger partial charge in [-0.3, -0.25) is 0 Å². The van der Waals surface area contributed by atoms with E-state index in [4.69, 9.17) is 0 Å². The number of carbonyl (C=O) groups is 1. The Balaban J connectivity index is 2.86. The maximum atomic E-state index is 11.2. The topological polar surface area (TPSA) is 75.1 Å². The third kappa shape index (κ3) is 4.31. The highest BCUT2D eigenvalue weighted by Crippen LogP contribution is 2.13. The number of carboxylic acid groups (broad SMARTS) is 1. The summed E-state index contributed by atoms with van der Waals surface area (Å²) in [6.07, 6.45) is 1.30. The summed E-state index contributed by atoms with van der Waals surface area (Å²) in [7, 11) is 0. The molecule has 0 saturated carbocycles. The number of hydrogen-bond acceptors (Lipinski definition) is 4. The number of aromatic nitrogens is 2. The molecule has 1 unspecified atom stereocenters. The molecule has 2 N–H and O–H groups in total. The normalized spacial score (nSPS) is 12.5. The van der Waals surface area contributed by atoms with Gasteiger partial charge in [0.05, 0.1) is 0 Å². The molecule has 0 spiro atoms. The van der Waals surface area contributed by atoms with Gasteiger partial charge in [-0.15, -0.1) is 0 Å². The lowest BCUT2D eigenvalue weighted by Gasteiger charge is -2.17. The molecular formula is C13H21N3O2. The zero-order valence-corrected chi connectivity index (χ0v) is 11.4. The second kappa shape index (κ2) is 6.33. The first-order valence-electron chi connectivity index (χ1n) is 6.26. The predicted octanol–water partition coefficient (Wildman–Crippen LogP) is 2.26. The molecule has 5 nitrogen and oxygen atoms in total. The smallest absolute Gasteiger partial charge is 0.326 e. The highest BCUT2D eigenvalue weighted by Gasteiger charge is 2.19. The van der Waals surface area contributed by atoms with Gasteiger partial charge in [-0.2, -0.15) is 0 Å². The maximum absolute atomic E-state index is 11.2. The van der Waals surface area contributed by atoms with Gasteiger partial charge >= 0.3 is 5.97 Å². The van der Waals surface area contributed by atoms with Gasteiger partial charge in [0.2, 0.25) is 0 Å². The van der Waals surface area contributed by atoms with Crippen LogP contribution in [-0.2, 0) is 11.2 Å². The number of nitrogens with zero attached hydrogens (tertiary/aromatic N) is 2. The Morgan fingerprint density at radius 1 is 1.44 bits per heavy atom. The molecule has 0 fully saturated rings. The molecule has 0 bridgehead atoms. The van der Waals surface area contributed by atoms with Crippen LogP contribution in [0.5, 0.6) is 0 Å². The molecule has 1 heterocycles. The van der Waals surface area contributed by atoms with E-state index in [9.17, 15) is 9.90 Å². The molecule has 1 atom stereocenters. The summed E-state index contributed by atoms with van der Waals surface area (Å²) in [5.41, 5.74) is 0.845. The molecule has 0 aliphatic rings. The Hall–Kier alpha value is -1.65. The van der Waals surface area contributed by atoms with Crippen molar-refractivity contribution in [1.82, 2.24) is 9.97 Å². The van der Waals surface area contributed by atoms with Crippen molar-refractivity contribution in [3.05, 3.63) is 17.6 Å². The number of aryl methyl sites for hydroxylation is 2. The first-order chi connectivity index (χ1) is 8.42. The van der Waals surface area contributed by atoms with E-state index in [-0.39, 0.29) is 0 Å². The second-order valence-corrected chi connectivity index (χ2v) is 4.83. The first kappa shape index (κ1) is 14.4. The van der Waals surface area contributed by atoms with E-state index in [0.29, 0.717) is 18.2 Å². The van der Waals surface area contributed by atoms with E-state index in [1.165, 1.54) is 0 Å². The van der Waals surface area contributed by atoms with Crippen LogP contribution in [-0.4, -0.2) is 27.1 Å². The van der Waals surface area contributed by atoms with Crippen LogP contribution >= 0.6 is 0 Å². The molecule has 0 aliphatic heterocycles. The molecule has 0 radical (unpaired) electrons. The molecule has 0 amide bonds. The third-order valence-corrected chi connectivity index (χ3v) is 2.54. The Bertz CT molecular complexity index is 419. The average Bonchev–Trinajstić information content (AvgIpc) is 2.26. The fraction of sp³-hybridized carbons (Fsp3) is 0.615. The van der Waals surface area contributed by atoms with E-state index in [0.717, 1.165) is 17.9 Å². The van der Waals surface area contributed by atoms with Crippen LogP contribution in [0.1, 0.15) is 38.7 Å². The fourth-order valence-electron chi connectivity index (χ4n) is 1.73. The highest BCUT2D eigenvalue weighted by molar-refractivity contribution is 5.76. The number of nitrogens with one attached hydrogen (secondary N) is 1. The van der Waals surface area contributed by atoms with Crippen LogP contribution in [0.3, 0.4) is 0 Å². The molecule has 0 aromatic carbocycles. The van der Waals surface area contributed by atoms with E-state index in [2.05, 4.69) is 15.3 Å². The highest BCUT2D eigenvalue weighted by atomic mass is 16.4. The van der Waals surface area contributed by atoms with Crippen molar-refractivity contribution in [2.45, 2.75) is 46.6 Å².